The Hall–Kier alpha value is -2.03. The predicted molar refractivity (Wildman–Crippen MR) is 122 cm³/mol. The first-order chi connectivity index (χ1) is 14.2. The van der Waals surface area contributed by atoms with Crippen LogP contribution in [-0.2, 0) is 22.4 Å². The van der Waals surface area contributed by atoms with Crippen LogP contribution in [0, 0.1) is 0 Å². The van der Waals surface area contributed by atoms with Gasteiger partial charge in [0, 0.05) is 24.0 Å². The number of unbranched alkanes of at least 4 members (excludes halogenated alkanes) is 8. The fourth-order valence-corrected chi connectivity index (χ4v) is 3.87. The Morgan fingerprint density at radius 2 is 1.52 bits per heavy atom. The van der Waals surface area contributed by atoms with Gasteiger partial charge >= 0.3 is 5.97 Å². The van der Waals surface area contributed by atoms with Crippen molar-refractivity contribution in [3.8, 4) is 5.69 Å². The number of hydrogen-bond acceptors (Lipinski definition) is 2. The number of ether oxygens (including phenoxy) is 1. The van der Waals surface area contributed by atoms with E-state index < -0.39 is 0 Å². The van der Waals surface area contributed by atoms with Crippen LogP contribution in [0.5, 0.6) is 0 Å². The molecule has 1 aromatic carbocycles. The van der Waals surface area contributed by atoms with Crippen molar-refractivity contribution in [1.82, 2.24) is 4.57 Å². The van der Waals surface area contributed by atoms with Crippen LogP contribution in [0.25, 0.3) is 5.69 Å². The van der Waals surface area contributed by atoms with Crippen LogP contribution in [0.3, 0.4) is 0 Å². The molecule has 2 rings (SSSR count). The Kier molecular flexibility index (Phi) is 11.3. The summed E-state index contributed by atoms with van der Waals surface area (Å²) in [5, 5.41) is 0. The van der Waals surface area contributed by atoms with Gasteiger partial charge in [0.15, 0.2) is 0 Å². The second kappa shape index (κ2) is 14.0. The van der Waals surface area contributed by atoms with Gasteiger partial charge in [0.05, 0.1) is 7.11 Å². The number of carbonyl (C=O) groups is 1. The Morgan fingerprint density at radius 3 is 2.24 bits per heavy atom. The van der Waals surface area contributed by atoms with E-state index in [4.69, 9.17) is 0 Å². The molecule has 160 valence electrons. The maximum Gasteiger partial charge on any atom is 0.305 e. The Bertz CT molecular complexity index is 690. The average Bonchev–Trinajstić information content (AvgIpc) is 3.16. The molecule has 3 nitrogen and oxygen atoms in total. The standard InChI is InChI=1S/C26H39NO2/c1-3-4-5-12-19-25-21-23(22-27(25)24-17-13-10-14-18-24)16-11-8-6-7-9-15-20-26(28)29-2/h10,13-14,17-18,21-22H,3-9,11-12,15-16,19-20H2,1-2H3. The molecule has 0 N–H and O–H groups in total. The van der Waals surface area contributed by atoms with E-state index in [0.29, 0.717) is 6.42 Å². The van der Waals surface area contributed by atoms with Crippen LogP contribution < -0.4 is 0 Å². The van der Waals surface area contributed by atoms with E-state index in [0.717, 1.165) is 25.7 Å². The zero-order valence-corrected chi connectivity index (χ0v) is 18.5. The van der Waals surface area contributed by atoms with Gasteiger partial charge in [0.1, 0.15) is 0 Å². The molecule has 0 radical (unpaired) electrons. The minimum atomic E-state index is -0.0848. The summed E-state index contributed by atoms with van der Waals surface area (Å²) in [5.41, 5.74) is 4.19. The molecule has 0 amide bonds. The molecule has 0 unspecified atom stereocenters. The summed E-state index contributed by atoms with van der Waals surface area (Å²) >= 11 is 0. The Balaban J connectivity index is 1.78. The normalized spacial score (nSPS) is 11.0. The molecule has 29 heavy (non-hydrogen) atoms. The maximum atomic E-state index is 11.1. The average molecular weight is 398 g/mol. The number of para-hydroxylation sites is 1. The van der Waals surface area contributed by atoms with E-state index in [9.17, 15) is 4.79 Å². The number of esters is 1. The highest BCUT2D eigenvalue weighted by atomic mass is 16.5. The molecule has 0 spiro atoms. The molecule has 1 aromatic heterocycles. The molecular formula is C26H39NO2. The molecule has 0 saturated carbocycles. The molecule has 0 bridgehead atoms. The quantitative estimate of drug-likeness (QED) is 0.238. The fraction of sp³-hybridized carbons (Fsp3) is 0.577. The van der Waals surface area contributed by atoms with Gasteiger partial charge < -0.3 is 9.30 Å². The number of methoxy groups -OCH3 is 1. The third-order valence-electron chi connectivity index (χ3n) is 5.60. The maximum absolute atomic E-state index is 11.1. The second-order valence-corrected chi connectivity index (χ2v) is 8.05. The van der Waals surface area contributed by atoms with Crippen molar-refractivity contribution in [2.75, 3.05) is 7.11 Å². The monoisotopic (exact) mass is 397 g/mol. The molecule has 1 heterocycles. The lowest BCUT2D eigenvalue weighted by molar-refractivity contribution is -0.140. The third kappa shape index (κ3) is 8.89. The second-order valence-electron chi connectivity index (χ2n) is 8.05. The molecule has 2 aromatic rings. The summed E-state index contributed by atoms with van der Waals surface area (Å²) in [6, 6.07) is 13.2. The lowest BCUT2D eigenvalue weighted by atomic mass is 10.1. The first kappa shape index (κ1) is 23.3. The minimum Gasteiger partial charge on any atom is -0.469 e. The van der Waals surface area contributed by atoms with Gasteiger partial charge in [-0.25, -0.2) is 0 Å². The summed E-state index contributed by atoms with van der Waals surface area (Å²) in [6.07, 6.45) is 17.5. The highest BCUT2D eigenvalue weighted by molar-refractivity contribution is 5.68. The van der Waals surface area contributed by atoms with E-state index in [1.54, 1.807) is 0 Å². The van der Waals surface area contributed by atoms with Gasteiger partial charge in [-0.05, 0) is 55.9 Å². The molecule has 0 saturated heterocycles. The Labute approximate surface area is 177 Å². The first-order valence-electron chi connectivity index (χ1n) is 11.6. The number of hydrogen-bond donors (Lipinski definition) is 0. The molecule has 0 aliphatic carbocycles. The molecule has 0 aliphatic heterocycles. The summed E-state index contributed by atoms with van der Waals surface area (Å²) in [6.45, 7) is 2.27. The molecule has 3 heteroatoms. The predicted octanol–water partition coefficient (Wildman–Crippen LogP) is 7.05. The Morgan fingerprint density at radius 1 is 0.862 bits per heavy atom. The fourth-order valence-electron chi connectivity index (χ4n) is 3.87. The van der Waals surface area contributed by atoms with Crippen molar-refractivity contribution in [1.29, 1.82) is 0 Å². The van der Waals surface area contributed by atoms with Crippen LogP contribution in [0.15, 0.2) is 42.6 Å². The van der Waals surface area contributed by atoms with Gasteiger partial charge in [-0.15, -0.1) is 0 Å². The van der Waals surface area contributed by atoms with E-state index in [1.165, 1.54) is 75.4 Å². The van der Waals surface area contributed by atoms with Gasteiger partial charge in [0.25, 0.3) is 0 Å². The summed E-state index contributed by atoms with van der Waals surface area (Å²) in [4.78, 5) is 11.1. The number of rotatable bonds is 15. The van der Waals surface area contributed by atoms with Crippen molar-refractivity contribution in [2.45, 2.75) is 90.4 Å². The minimum absolute atomic E-state index is 0.0848. The lowest BCUT2D eigenvalue weighted by Crippen LogP contribution is -1.99. The first-order valence-corrected chi connectivity index (χ1v) is 11.6. The number of nitrogens with zero attached hydrogens (tertiary/aromatic N) is 1. The lowest BCUT2D eigenvalue weighted by Gasteiger charge is -2.09. The van der Waals surface area contributed by atoms with Gasteiger partial charge in [0.2, 0.25) is 0 Å². The molecule has 0 atom stereocenters. The number of aryl methyl sites for hydroxylation is 2. The molecule has 0 fully saturated rings. The number of carbonyl (C=O) groups excluding carboxylic acids is 1. The van der Waals surface area contributed by atoms with Crippen LogP contribution in [-0.4, -0.2) is 17.6 Å². The smallest absolute Gasteiger partial charge is 0.305 e. The van der Waals surface area contributed by atoms with Crippen LogP contribution in [0.4, 0.5) is 0 Å². The van der Waals surface area contributed by atoms with Crippen molar-refractivity contribution in [3.63, 3.8) is 0 Å². The van der Waals surface area contributed by atoms with Crippen LogP contribution >= 0.6 is 0 Å². The molecular weight excluding hydrogens is 358 g/mol. The van der Waals surface area contributed by atoms with Gasteiger partial charge in [-0.3, -0.25) is 4.79 Å². The topological polar surface area (TPSA) is 31.2 Å². The SMILES string of the molecule is CCCCCCc1cc(CCCCCCCCC(=O)OC)cn1-c1ccccc1. The third-order valence-corrected chi connectivity index (χ3v) is 5.60. The van der Waals surface area contributed by atoms with Crippen molar-refractivity contribution in [3.05, 3.63) is 53.9 Å². The van der Waals surface area contributed by atoms with Crippen molar-refractivity contribution in [2.24, 2.45) is 0 Å². The zero-order chi connectivity index (χ0) is 20.7. The number of aromatic nitrogens is 1. The summed E-state index contributed by atoms with van der Waals surface area (Å²) < 4.78 is 7.08. The van der Waals surface area contributed by atoms with E-state index in [-0.39, 0.29) is 5.97 Å². The van der Waals surface area contributed by atoms with E-state index in [1.807, 2.05) is 0 Å². The summed E-state index contributed by atoms with van der Waals surface area (Å²) in [7, 11) is 1.46. The highest BCUT2D eigenvalue weighted by Gasteiger charge is 2.08. The van der Waals surface area contributed by atoms with Gasteiger partial charge in [-0.1, -0.05) is 70.1 Å². The van der Waals surface area contributed by atoms with Crippen LogP contribution in [0.1, 0.15) is 88.8 Å². The van der Waals surface area contributed by atoms with Crippen LogP contribution in [0.2, 0.25) is 0 Å². The molecule has 0 aliphatic rings. The largest absolute Gasteiger partial charge is 0.469 e. The van der Waals surface area contributed by atoms with Crippen molar-refractivity contribution < 1.29 is 9.53 Å². The van der Waals surface area contributed by atoms with Gasteiger partial charge in [-0.2, -0.15) is 0 Å². The number of benzene rings is 1. The highest BCUT2D eigenvalue weighted by Crippen LogP contribution is 2.20. The summed E-state index contributed by atoms with van der Waals surface area (Å²) in [5.74, 6) is -0.0848. The zero-order valence-electron chi connectivity index (χ0n) is 18.5. The van der Waals surface area contributed by atoms with E-state index >= 15 is 0 Å². The van der Waals surface area contributed by atoms with E-state index in [2.05, 4.69) is 58.8 Å². The van der Waals surface area contributed by atoms with Crippen molar-refractivity contribution >= 4 is 5.97 Å².